The van der Waals surface area contributed by atoms with Crippen LogP contribution in [-0.2, 0) is 0 Å². The topological polar surface area (TPSA) is 58.4 Å². The Morgan fingerprint density at radius 2 is 2.13 bits per heavy atom. The summed E-state index contributed by atoms with van der Waals surface area (Å²) in [5.41, 5.74) is 5.87. The van der Waals surface area contributed by atoms with Crippen molar-refractivity contribution in [3.63, 3.8) is 0 Å². The summed E-state index contributed by atoms with van der Waals surface area (Å²) < 4.78 is 0. The highest BCUT2D eigenvalue weighted by molar-refractivity contribution is 5.74. The first-order valence-corrected chi connectivity index (χ1v) is 5.81. The summed E-state index contributed by atoms with van der Waals surface area (Å²) in [5, 5.41) is 2.92. The number of carbonyl (C=O) groups excluding carboxylic acids is 1. The molecule has 1 saturated heterocycles. The minimum Gasteiger partial charge on any atom is -0.336 e. The van der Waals surface area contributed by atoms with E-state index in [4.69, 9.17) is 5.73 Å². The molecule has 3 N–H and O–H groups in total. The zero-order valence-electron chi connectivity index (χ0n) is 9.99. The molecule has 1 fully saturated rings. The van der Waals surface area contributed by atoms with Crippen LogP contribution in [0.4, 0.5) is 4.79 Å². The summed E-state index contributed by atoms with van der Waals surface area (Å²) in [6.45, 7) is 7.64. The van der Waals surface area contributed by atoms with Crippen LogP contribution in [-0.4, -0.2) is 36.1 Å². The van der Waals surface area contributed by atoms with Crippen LogP contribution in [0.25, 0.3) is 0 Å². The maximum Gasteiger partial charge on any atom is 0.317 e. The van der Waals surface area contributed by atoms with Gasteiger partial charge in [0.25, 0.3) is 0 Å². The molecule has 1 heterocycles. The minimum absolute atomic E-state index is 0.0513. The molecule has 0 aromatic carbocycles. The van der Waals surface area contributed by atoms with Crippen molar-refractivity contribution in [1.29, 1.82) is 0 Å². The van der Waals surface area contributed by atoms with Gasteiger partial charge < -0.3 is 16.0 Å². The number of nitrogens with one attached hydrogen (secondary N) is 1. The molecule has 0 spiro atoms. The Bertz CT molecular complexity index is 216. The lowest BCUT2D eigenvalue weighted by atomic mass is 9.92. The first-order valence-electron chi connectivity index (χ1n) is 5.81. The number of urea groups is 1. The summed E-state index contributed by atoms with van der Waals surface area (Å²) in [7, 11) is 0. The first-order chi connectivity index (χ1) is 7.00. The summed E-state index contributed by atoms with van der Waals surface area (Å²) in [6.07, 6.45) is 2.21. The Balaban J connectivity index is 2.45. The number of likely N-dealkylation sites (tertiary alicyclic amines) is 1. The molecule has 0 saturated carbocycles. The van der Waals surface area contributed by atoms with Crippen molar-refractivity contribution in [1.82, 2.24) is 10.2 Å². The molecule has 0 radical (unpaired) electrons. The van der Waals surface area contributed by atoms with Crippen molar-refractivity contribution in [2.75, 3.05) is 13.1 Å². The van der Waals surface area contributed by atoms with Gasteiger partial charge in [0.2, 0.25) is 0 Å². The van der Waals surface area contributed by atoms with E-state index < -0.39 is 0 Å². The third-order valence-corrected chi connectivity index (χ3v) is 2.90. The van der Waals surface area contributed by atoms with Crippen molar-refractivity contribution in [2.45, 2.75) is 45.7 Å². The maximum absolute atomic E-state index is 11.8. The average molecular weight is 213 g/mol. The van der Waals surface area contributed by atoms with E-state index in [1.165, 1.54) is 0 Å². The molecule has 2 atom stereocenters. The molecular weight excluding hydrogens is 190 g/mol. The van der Waals surface area contributed by atoms with Gasteiger partial charge in [-0.2, -0.15) is 0 Å². The van der Waals surface area contributed by atoms with Gasteiger partial charge in [-0.3, -0.25) is 0 Å². The van der Waals surface area contributed by atoms with E-state index in [0.29, 0.717) is 5.92 Å². The van der Waals surface area contributed by atoms with Gasteiger partial charge in [0.1, 0.15) is 0 Å². The van der Waals surface area contributed by atoms with Crippen LogP contribution in [0, 0.1) is 5.92 Å². The zero-order chi connectivity index (χ0) is 11.4. The standard InChI is InChI=1S/C11H23N3O/c1-8(2)13-11(15)14-6-4-5-10(7-14)9(3)12/h8-10H,4-7,12H2,1-3H3,(H,13,15). The molecule has 1 aliphatic rings. The van der Waals surface area contributed by atoms with Crippen LogP contribution in [0.15, 0.2) is 0 Å². The van der Waals surface area contributed by atoms with Crippen molar-refractivity contribution < 1.29 is 4.79 Å². The van der Waals surface area contributed by atoms with Gasteiger partial charge in [-0.1, -0.05) is 0 Å². The fourth-order valence-corrected chi connectivity index (χ4v) is 1.96. The lowest BCUT2D eigenvalue weighted by molar-refractivity contribution is 0.156. The van der Waals surface area contributed by atoms with Crippen molar-refractivity contribution >= 4 is 6.03 Å². The molecule has 0 aliphatic carbocycles. The molecular formula is C11H23N3O. The second-order valence-electron chi connectivity index (χ2n) is 4.81. The molecule has 0 aromatic heterocycles. The SMILES string of the molecule is CC(C)NC(=O)N1CCCC(C(C)N)C1. The molecule has 88 valence electrons. The summed E-state index contributed by atoms with van der Waals surface area (Å²) in [5.74, 6) is 0.455. The van der Waals surface area contributed by atoms with E-state index in [-0.39, 0.29) is 18.1 Å². The Hall–Kier alpha value is -0.770. The highest BCUT2D eigenvalue weighted by Gasteiger charge is 2.25. The lowest BCUT2D eigenvalue weighted by Crippen LogP contribution is -2.50. The number of nitrogens with zero attached hydrogens (tertiary/aromatic N) is 1. The summed E-state index contributed by atoms with van der Waals surface area (Å²) in [6, 6.07) is 0.433. The predicted molar refractivity (Wildman–Crippen MR) is 61.6 cm³/mol. The molecule has 1 rings (SSSR count). The van der Waals surface area contributed by atoms with Crippen LogP contribution < -0.4 is 11.1 Å². The monoisotopic (exact) mass is 213 g/mol. The van der Waals surface area contributed by atoms with Gasteiger partial charge in [0.15, 0.2) is 0 Å². The van der Waals surface area contributed by atoms with Gasteiger partial charge >= 0.3 is 6.03 Å². The number of rotatable bonds is 2. The van der Waals surface area contributed by atoms with E-state index >= 15 is 0 Å². The van der Waals surface area contributed by atoms with Crippen molar-refractivity contribution in [2.24, 2.45) is 11.7 Å². The Labute approximate surface area is 92.2 Å². The van der Waals surface area contributed by atoms with Crippen LogP contribution >= 0.6 is 0 Å². The second kappa shape index (κ2) is 5.35. The number of hydrogen-bond acceptors (Lipinski definition) is 2. The van der Waals surface area contributed by atoms with Gasteiger partial charge in [-0.25, -0.2) is 4.79 Å². The molecule has 4 nitrogen and oxygen atoms in total. The molecule has 0 bridgehead atoms. The molecule has 2 unspecified atom stereocenters. The Morgan fingerprint density at radius 3 is 2.67 bits per heavy atom. The minimum atomic E-state index is 0.0513. The molecule has 15 heavy (non-hydrogen) atoms. The number of hydrogen-bond donors (Lipinski definition) is 2. The van der Waals surface area contributed by atoms with Crippen LogP contribution in [0.1, 0.15) is 33.6 Å². The number of amides is 2. The molecule has 4 heteroatoms. The highest BCUT2D eigenvalue weighted by Crippen LogP contribution is 2.18. The fraction of sp³-hybridized carbons (Fsp3) is 0.909. The van der Waals surface area contributed by atoms with E-state index in [9.17, 15) is 4.79 Å². The largest absolute Gasteiger partial charge is 0.336 e. The normalized spacial score (nSPS) is 24.1. The van der Waals surface area contributed by atoms with E-state index in [2.05, 4.69) is 5.32 Å². The molecule has 0 aromatic rings. The van der Waals surface area contributed by atoms with Gasteiger partial charge in [0.05, 0.1) is 0 Å². The van der Waals surface area contributed by atoms with Crippen LogP contribution in [0.2, 0.25) is 0 Å². The fourth-order valence-electron chi connectivity index (χ4n) is 1.96. The van der Waals surface area contributed by atoms with Gasteiger partial charge in [-0.05, 0) is 39.5 Å². The van der Waals surface area contributed by atoms with E-state index in [1.54, 1.807) is 0 Å². The van der Waals surface area contributed by atoms with Crippen molar-refractivity contribution in [3.05, 3.63) is 0 Å². The van der Waals surface area contributed by atoms with Gasteiger partial charge in [-0.15, -0.1) is 0 Å². The Kier molecular flexibility index (Phi) is 4.39. The second-order valence-corrected chi connectivity index (χ2v) is 4.81. The third kappa shape index (κ3) is 3.70. The van der Waals surface area contributed by atoms with Gasteiger partial charge in [0, 0.05) is 25.2 Å². The van der Waals surface area contributed by atoms with E-state index in [0.717, 1.165) is 25.9 Å². The average Bonchev–Trinajstić information content (AvgIpc) is 2.17. The lowest BCUT2D eigenvalue weighted by Gasteiger charge is -2.35. The summed E-state index contributed by atoms with van der Waals surface area (Å²) in [4.78, 5) is 13.6. The first kappa shape index (κ1) is 12.3. The van der Waals surface area contributed by atoms with E-state index in [1.807, 2.05) is 25.7 Å². The van der Waals surface area contributed by atoms with Crippen LogP contribution in [0.5, 0.6) is 0 Å². The molecule has 1 aliphatic heterocycles. The van der Waals surface area contributed by atoms with Crippen molar-refractivity contribution in [3.8, 4) is 0 Å². The highest BCUT2D eigenvalue weighted by atomic mass is 16.2. The predicted octanol–water partition coefficient (Wildman–Crippen LogP) is 1.16. The quantitative estimate of drug-likeness (QED) is 0.723. The molecule has 2 amide bonds. The number of carbonyl (C=O) groups is 1. The zero-order valence-corrected chi connectivity index (χ0v) is 9.99. The Morgan fingerprint density at radius 1 is 1.47 bits per heavy atom. The summed E-state index contributed by atoms with van der Waals surface area (Å²) >= 11 is 0. The van der Waals surface area contributed by atoms with Crippen LogP contribution in [0.3, 0.4) is 0 Å². The third-order valence-electron chi connectivity index (χ3n) is 2.90. The smallest absolute Gasteiger partial charge is 0.317 e. The number of piperidine rings is 1. The maximum atomic E-state index is 11.8. The number of nitrogens with two attached hydrogens (primary N) is 1.